The fraction of sp³-hybridized carbons (Fsp3) is 0.310. The van der Waals surface area contributed by atoms with E-state index in [1.807, 2.05) is 47.2 Å². The van der Waals surface area contributed by atoms with E-state index >= 15 is 0 Å². The van der Waals surface area contributed by atoms with Gasteiger partial charge in [-0.15, -0.1) is 0 Å². The number of fused-ring (bicyclic) bond motifs is 1. The number of carbonyl (C=O) groups is 2. The summed E-state index contributed by atoms with van der Waals surface area (Å²) >= 11 is 0. The van der Waals surface area contributed by atoms with Crippen molar-refractivity contribution in [2.75, 3.05) is 23.1 Å². The maximum absolute atomic E-state index is 12.7. The number of benzene rings is 3. The van der Waals surface area contributed by atoms with Gasteiger partial charge in [0.15, 0.2) is 0 Å². The van der Waals surface area contributed by atoms with Crippen LogP contribution in [0.15, 0.2) is 72.8 Å². The van der Waals surface area contributed by atoms with Gasteiger partial charge in [0.25, 0.3) is 5.91 Å². The Bertz CT molecular complexity index is 1490. The third-order valence-electron chi connectivity index (χ3n) is 7.13. The van der Waals surface area contributed by atoms with Crippen LogP contribution in [0.2, 0.25) is 0 Å². The summed E-state index contributed by atoms with van der Waals surface area (Å²) in [6.45, 7) is 4.63. The second kappa shape index (κ2) is 9.79. The van der Waals surface area contributed by atoms with Crippen LogP contribution in [0.25, 0.3) is 0 Å². The molecule has 2 aliphatic rings. The molecule has 1 fully saturated rings. The average Bonchev–Trinajstić information content (AvgIpc) is 3.22. The summed E-state index contributed by atoms with van der Waals surface area (Å²) in [5.74, 6) is -0.648. The molecule has 0 radical (unpaired) electrons. The van der Waals surface area contributed by atoms with Gasteiger partial charge in [-0.05, 0) is 65.3 Å². The highest BCUT2D eigenvalue weighted by Gasteiger charge is 2.38. The van der Waals surface area contributed by atoms with Gasteiger partial charge >= 0.3 is 6.09 Å². The predicted octanol–water partition coefficient (Wildman–Crippen LogP) is 4.68. The Morgan fingerprint density at radius 1 is 1.08 bits per heavy atom. The SMILES string of the molecule is CC1(C)Cc2cc(C(=O)NS(C)(=O)=O)ccc2NC1c1cccc(N2C(=O)OCC2Cc2ccccc2)c1. The molecule has 2 aliphatic heterocycles. The number of nitrogens with zero attached hydrogens (tertiary/aromatic N) is 1. The summed E-state index contributed by atoms with van der Waals surface area (Å²) in [5, 5.41) is 3.61. The molecule has 1 saturated heterocycles. The zero-order valence-electron chi connectivity index (χ0n) is 21.6. The summed E-state index contributed by atoms with van der Waals surface area (Å²) in [6.07, 6.45) is 1.99. The lowest BCUT2D eigenvalue weighted by Crippen LogP contribution is -2.37. The van der Waals surface area contributed by atoms with E-state index in [9.17, 15) is 18.0 Å². The highest BCUT2D eigenvalue weighted by Crippen LogP contribution is 2.45. The van der Waals surface area contributed by atoms with Crippen molar-refractivity contribution < 1.29 is 22.7 Å². The summed E-state index contributed by atoms with van der Waals surface area (Å²) in [7, 11) is -3.65. The van der Waals surface area contributed by atoms with Crippen molar-refractivity contribution in [3.63, 3.8) is 0 Å². The van der Waals surface area contributed by atoms with Crippen molar-refractivity contribution in [2.24, 2.45) is 5.41 Å². The van der Waals surface area contributed by atoms with Crippen LogP contribution in [-0.2, 0) is 27.6 Å². The van der Waals surface area contributed by atoms with Crippen molar-refractivity contribution in [3.8, 4) is 0 Å². The lowest BCUT2D eigenvalue weighted by Gasteiger charge is -2.41. The van der Waals surface area contributed by atoms with Gasteiger partial charge in [-0.3, -0.25) is 9.69 Å². The Balaban J connectivity index is 1.40. The number of nitrogens with one attached hydrogen (secondary N) is 2. The number of anilines is 2. The highest BCUT2D eigenvalue weighted by atomic mass is 32.2. The van der Waals surface area contributed by atoms with E-state index in [4.69, 9.17) is 4.74 Å². The van der Waals surface area contributed by atoms with Crippen LogP contribution < -0.4 is 14.9 Å². The molecule has 2 heterocycles. The van der Waals surface area contributed by atoms with Gasteiger partial charge in [0, 0.05) is 16.9 Å². The quantitative estimate of drug-likeness (QED) is 0.477. The van der Waals surface area contributed by atoms with Crippen LogP contribution in [-0.4, -0.2) is 39.3 Å². The largest absolute Gasteiger partial charge is 0.447 e. The van der Waals surface area contributed by atoms with Gasteiger partial charge in [-0.1, -0.05) is 56.3 Å². The van der Waals surface area contributed by atoms with Gasteiger partial charge < -0.3 is 10.1 Å². The number of cyclic esters (lactones) is 1. The zero-order chi connectivity index (χ0) is 27.1. The molecule has 2 unspecified atom stereocenters. The predicted molar refractivity (Wildman–Crippen MR) is 147 cm³/mol. The summed E-state index contributed by atoms with van der Waals surface area (Å²) in [4.78, 5) is 26.9. The lowest BCUT2D eigenvalue weighted by atomic mass is 9.72. The molecule has 0 aromatic heterocycles. The Morgan fingerprint density at radius 3 is 2.58 bits per heavy atom. The second-order valence-electron chi connectivity index (χ2n) is 10.7. The molecule has 0 aliphatic carbocycles. The van der Waals surface area contributed by atoms with Gasteiger partial charge in [-0.2, -0.15) is 0 Å². The number of carbonyl (C=O) groups excluding carboxylic acids is 2. The molecular weight excluding hydrogens is 502 g/mol. The Hall–Kier alpha value is -3.85. The Morgan fingerprint density at radius 2 is 1.84 bits per heavy atom. The molecule has 3 aromatic rings. The van der Waals surface area contributed by atoms with Crippen molar-refractivity contribution in [2.45, 2.75) is 38.8 Å². The molecule has 198 valence electrons. The van der Waals surface area contributed by atoms with Gasteiger partial charge in [0.1, 0.15) is 6.61 Å². The Kier molecular flexibility index (Phi) is 6.65. The number of sulfonamides is 1. The molecule has 38 heavy (non-hydrogen) atoms. The minimum absolute atomic E-state index is 0.0585. The second-order valence-corrected chi connectivity index (χ2v) is 12.5. The normalized spacial score (nSPS) is 20.3. The van der Waals surface area contributed by atoms with Crippen LogP contribution in [0.1, 0.15) is 46.9 Å². The molecule has 8 nitrogen and oxygen atoms in total. The maximum Gasteiger partial charge on any atom is 0.414 e. The molecule has 9 heteroatoms. The van der Waals surface area contributed by atoms with Crippen LogP contribution in [0.3, 0.4) is 0 Å². The molecule has 5 rings (SSSR count). The van der Waals surface area contributed by atoms with E-state index in [1.54, 1.807) is 17.0 Å². The van der Waals surface area contributed by atoms with E-state index in [0.717, 1.165) is 34.3 Å². The van der Waals surface area contributed by atoms with Crippen molar-refractivity contribution >= 4 is 33.4 Å². The fourth-order valence-electron chi connectivity index (χ4n) is 5.40. The molecule has 3 aromatic carbocycles. The first-order valence-electron chi connectivity index (χ1n) is 12.5. The van der Waals surface area contributed by atoms with E-state index in [2.05, 4.69) is 37.4 Å². The average molecular weight is 534 g/mol. The van der Waals surface area contributed by atoms with Gasteiger partial charge in [0.05, 0.1) is 18.3 Å². The van der Waals surface area contributed by atoms with Crippen molar-refractivity contribution in [1.82, 2.24) is 4.72 Å². The van der Waals surface area contributed by atoms with E-state index in [0.29, 0.717) is 25.0 Å². The molecular formula is C29H31N3O5S. The van der Waals surface area contributed by atoms with Crippen LogP contribution in [0.5, 0.6) is 0 Å². The van der Waals surface area contributed by atoms with Crippen LogP contribution in [0, 0.1) is 5.41 Å². The minimum atomic E-state index is -3.65. The molecule has 0 bridgehead atoms. The summed E-state index contributed by atoms with van der Waals surface area (Å²) in [6, 6.07) is 23.1. The maximum atomic E-state index is 12.7. The lowest BCUT2D eigenvalue weighted by molar-refractivity contribution is 0.0981. The standard InChI is InChI=1S/C29H31N3O5S/c1-29(2)17-22-15-21(27(33)31-38(3,35)36)12-13-25(22)30-26(29)20-10-7-11-23(16-20)32-24(18-37-28(32)34)14-19-8-5-4-6-9-19/h4-13,15-16,24,26,30H,14,17-18H2,1-3H3,(H,31,33). The number of amides is 2. The van der Waals surface area contributed by atoms with Gasteiger partial charge in [0.2, 0.25) is 10.0 Å². The monoisotopic (exact) mass is 533 g/mol. The van der Waals surface area contributed by atoms with E-state index in [1.165, 1.54) is 0 Å². The molecule has 0 spiro atoms. The number of hydrogen-bond acceptors (Lipinski definition) is 6. The van der Waals surface area contributed by atoms with E-state index < -0.39 is 15.9 Å². The van der Waals surface area contributed by atoms with Crippen molar-refractivity contribution in [1.29, 1.82) is 0 Å². The van der Waals surface area contributed by atoms with Crippen LogP contribution in [0.4, 0.5) is 16.2 Å². The zero-order valence-corrected chi connectivity index (χ0v) is 22.4. The topological polar surface area (TPSA) is 105 Å². The molecule has 2 atom stereocenters. The first-order valence-corrected chi connectivity index (χ1v) is 14.4. The third-order valence-corrected chi connectivity index (χ3v) is 7.69. The number of ether oxygens (including phenoxy) is 1. The molecule has 2 amide bonds. The smallest absolute Gasteiger partial charge is 0.414 e. The Labute approximate surface area is 223 Å². The van der Waals surface area contributed by atoms with E-state index in [-0.39, 0.29) is 23.6 Å². The highest BCUT2D eigenvalue weighted by molar-refractivity contribution is 7.89. The first-order chi connectivity index (χ1) is 18.0. The van der Waals surface area contributed by atoms with Crippen LogP contribution >= 0.6 is 0 Å². The number of hydrogen-bond donors (Lipinski definition) is 2. The van der Waals surface area contributed by atoms with Crippen molar-refractivity contribution in [3.05, 3.63) is 95.1 Å². The molecule has 2 N–H and O–H groups in total. The summed E-state index contributed by atoms with van der Waals surface area (Å²) < 4.78 is 30.4. The third kappa shape index (κ3) is 5.38. The molecule has 0 saturated carbocycles. The summed E-state index contributed by atoms with van der Waals surface area (Å²) in [5.41, 5.74) is 4.86. The minimum Gasteiger partial charge on any atom is -0.447 e. The van der Waals surface area contributed by atoms with Gasteiger partial charge in [-0.25, -0.2) is 17.9 Å². The fourth-order valence-corrected chi connectivity index (χ4v) is 5.85. The number of rotatable bonds is 6. The first kappa shape index (κ1) is 25.8.